The van der Waals surface area contributed by atoms with Crippen molar-refractivity contribution in [3.8, 4) is 0 Å². The Balaban J connectivity index is 1.87. The molecule has 5 nitrogen and oxygen atoms in total. The normalized spacial score (nSPS) is 17.2. The molecule has 0 atom stereocenters. The van der Waals surface area contributed by atoms with Crippen LogP contribution in [0.2, 0.25) is 0 Å². The molecule has 0 bridgehead atoms. The molecule has 2 rings (SSSR count). The van der Waals surface area contributed by atoms with E-state index in [1.165, 1.54) is 44.6 Å². The monoisotopic (exact) mass is 333 g/mol. The molecule has 1 fully saturated rings. The van der Waals surface area contributed by atoms with Crippen LogP contribution < -0.4 is 5.32 Å². The summed E-state index contributed by atoms with van der Waals surface area (Å²) >= 11 is 0. The lowest BCUT2D eigenvalue weighted by atomic mass is 9.97. The van der Waals surface area contributed by atoms with Gasteiger partial charge >= 0.3 is 0 Å². The zero-order valence-electron chi connectivity index (χ0n) is 16.0. The minimum Gasteiger partial charge on any atom is -0.357 e. The highest BCUT2D eigenvalue weighted by Gasteiger charge is 2.18. The SMILES string of the molecule is CCCN1CCC(CN=C(NCC)N(C)Cc2cccn2C)CC1. The van der Waals surface area contributed by atoms with Gasteiger partial charge in [0, 0.05) is 39.1 Å². The van der Waals surface area contributed by atoms with Gasteiger partial charge in [-0.1, -0.05) is 6.92 Å². The molecule has 5 heteroatoms. The number of rotatable bonds is 7. The summed E-state index contributed by atoms with van der Waals surface area (Å²) < 4.78 is 2.17. The quantitative estimate of drug-likeness (QED) is 0.615. The Labute approximate surface area is 147 Å². The summed E-state index contributed by atoms with van der Waals surface area (Å²) in [5.74, 6) is 1.75. The van der Waals surface area contributed by atoms with Crippen molar-refractivity contribution >= 4 is 5.96 Å². The molecule has 0 saturated carbocycles. The average molecular weight is 334 g/mol. The van der Waals surface area contributed by atoms with Crippen LogP contribution in [0.1, 0.15) is 38.8 Å². The predicted octanol–water partition coefficient (Wildman–Crippen LogP) is 2.54. The maximum absolute atomic E-state index is 4.92. The van der Waals surface area contributed by atoms with Gasteiger partial charge in [-0.25, -0.2) is 0 Å². The number of likely N-dealkylation sites (tertiary alicyclic amines) is 1. The molecule has 24 heavy (non-hydrogen) atoms. The first-order chi connectivity index (χ1) is 11.6. The zero-order valence-corrected chi connectivity index (χ0v) is 16.0. The fourth-order valence-electron chi connectivity index (χ4n) is 3.37. The highest BCUT2D eigenvalue weighted by atomic mass is 15.3. The van der Waals surface area contributed by atoms with Gasteiger partial charge in [-0.3, -0.25) is 4.99 Å². The van der Waals surface area contributed by atoms with E-state index in [0.717, 1.165) is 31.5 Å². The van der Waals surface area contributed by atoms with E-state index in [9.17, 15) is 0 Å². The number of aryl methyl sites for hydroxylation is 1. The summed E-state index contributed by atoms with van der Waals surface area (Å²) in [5.41, 5.74) is 1.30. The average Bonchev–Trinajstić information content (AvgIpc) is 2.98. The Bertz CT molecular complexity index is 500. The lowest BCUT2D eigenvalue weighted by molar-refractivity contribution is 0.188. The van der Waals surface area contributed by atoms with E-state index in [4.69, 9.17) is 4.99 Å². The van der Waals surface area contributed by atoms with Gasteiger partial charge in [0.25, 0.3) is 0 Å². The Kier molecular flexibility index (Phi) is 7.63. The van der Waals surface area contributed by atoms with Crippen molar-refractivity contribution in [2.75, 3.05) is 39.8 Å². The van der Waals surface area contributed by atoms with Gasteiger partial charge in [-0.2, -0.15) is 0 Å². The highest BCUT2D eigenvalue weighted by molar-refractivity contribution is 5.79. The molecule has 1 saturated heterocycles. The van der Waals surface area contributed by atoms with Gasteiger partial charge < -0.3 is 19.7 Å². The van der Waals surface area contributed by atoms with E-state index >= 15 is 0 Å². The Morgan fingerprint density at radius 1 is 1.33 bits per heavy atom. The molecule has 1 aliphatic rings. The zero-order chi connectivity index (χ0) is 17.4. The molecular formula is C19H35N5. The minimum absolute atomic E-state index is 0.732. The van der Waals surface area contributed by atoms with Crippen LogP contribution in [0.3, 0.4) is 0 Å². The van der Waals surface area contributed by atoms with Gasteiger partial charge in [0.1, 0.15) is 0 Å². The van der Waals surface area contributed by atoms with E-state index < -0.39 is 0 Å². The number of nitrogens with one attached hydrogen (secondary N) is 1. The molecule has 0 unspecified atom stereocenters. The standard InChI is InChI=1S/C19H35N5/c1-5-11-24-13-9-17(10-14-24)15-21-19(20-6-2)23(4)16-18-8-7-12-22(18)3/h7-8,12,17H,5-6,9-11,13-16H2,1-4H3,(H,20,21). The first-order valence-electron chi connectivity index (χ1n) is 9.46. The molecule has 0 spiro atoms. The van der Waals surface area contributed by atoms with Gasteiger partial charge in [0.05, 0.1) is 6.54 Å². The molecule has 1 aromatic heterocycles. The summed E-state index contributed by atoms with van der Waals surface area (Å²) in [6.45, 7) is 10.9. The second-order valence-corrected chi connectivity index (χ2v) is 6.95. The Hall–Kier alpha value is -1.49. The van der Waals surface area contributed by atoms with Crippen LogP contribution in [-0.2, 0) is 13.6 Å². The Morgan fingerprint density at radius 2 is 2.08 bits per heavy atom. The molecule has 0 amide bonds. The van der Waals surface area contributed by atoms with Crippen molar-refractivity contribution in [3.63, 3.8) is 0 Å². The topological polar surface area (TPSA) is 35.8 Å². The summed E-state index contributed by atoms with van der Waals surface area (Å²) in [6, 6.07) is 4.26. The molecule has 0 aliphatic carbocycles. The van der Waals surface area contributed by atoms with E-state index in [1.807, 2.05) is 0 Å². The molecule has 1 aromatic rings. The maximum Gasteiger partial charge on any atom is 0.194 e. The largest absolute Gasteiger partial charge is 0.357 e. The molecule has 0 aromatic carbocycles. The van der Waals surface area contributed by atoms with Gasteiger partial charge in [0.2, 0.25) is 0 Å². The van der Waals surface area contributed by atoms with Crippen LogP contribution in [0.25, 0.3) is 0 Å². The lowest BCUT2D eigenvalue weighted by Gasteiger charge is -2.31. The molecule has 0 radical (unpaired) electrons. The molecule has 136 valence electrons. The van der Waals surface area contributed by atoms with E-state index in [1.54, 1.807) is 0 Å². The van der Waals surface area contributed by atoms with Crippen molar-refractivity contribution in [2.24, 2.45) is 18.0 Å². The summed E-state index contributed by atoms with van der Waals surface area (Å²) in [7, 11) is 4.22. The van der Waals surface area contributed by atoms with Crippen LogP contribution in [0, 0.1) is 5.92 Å². The number of hydrogen-bond donors (Lipinski definition) is 1. The van der Waals surface area contributed by atoms with Crippen LogP contribution in [0.5, 0.6) is 0 Å². The fraction of sp³-hybridized carbons (Fsp3) is 0.737. The van der Waals surface area contributed by atoms with Gasteiger partial charge in [0.15, 0.2) is 5.96 Å². The highest BCUT2D eigenvalue weighted by Crippen LogP contribution is 2.17. The third kappa shape index (κ3) is 5.55. The third-order valence-electron chi connectivity index (χ3n) is 4.89. The first kappa shape index (κ1) is 18.8. The minimum atomic E-state index is 0.732. The number of aliphatic imine (C=N–C) groups is 1. The lowest BCUT2D eigenvalue weighted by Crippen LogP contribution is -2.40. The van der Waals surface area contributed by atoms with Crippen molar-refractivity contribution in [2.45, 2.75) is 39.7 Å². The Morgan fingerprint density at radius 3 is 2.67 bits per heavy atom. The summed E-state index contributed by atoms with van der Waals surface area (Å²) in [4.78, 5) is 9.74. The predicted molar refractivity (Wildman–Crippen MR) is 102 cm³/mol. The van der Waals surface area contributed by atoms with Crippen LogP contribution in [-0.4, -0.2) is 60.1 Å². The van der Waals surface area contributed by atoms with Crippen molar-refractivity contribution < 1.29 is 0 Å². The summed E-state index contributed by atoms with van der Waals surface area (Å²) in [5, 5.41) is 3.44. The molecule has 1 N–H and O–H groups in total. The second kappa shape index (κ2) is 9.72. The fourth-order valence-corrected chi connectivity index (χ4v) is 3.37. The first-order valence-corrected chi connectivity index (χ1v) is 9.46. The number of guanidine groups is 1. The number of nitrogens with zero attached hydrogens (tertiary/aromatic N) is 4. The van der Waals surface area contributed by atoms with Gasteiger partial charge in [-0.05, 0) is 63.9 Å². The smallest absolute Gasteiger partial charge is 0.194 e. The van der Waals surface area contributed by atoms with Crippen molar-refractivity contribution in [1.29, 1.82) is 0 Å². The van der Waals surface area contributed by atoms with Crippen molar-refractivity contribution in [3.05, 3.63) is 24.0 Å². The van der Waals surface area contributed by atoms with Crippen LogP contribution in [0.15, 0.2) is 23.3 Å². The number of piperidine rings is 1. The number of hydrogen-bond acceptors (Lipinski definition) is 2. The maximum atomic E-state index is 4.92. The molecule has 1 aliphatic heterocycles. The second-order valence-electron chi connectivity index (χ2n) is 6.95. The van der Waals surface area contributed by atoms with Crippen LogP contribution in [0.4, 0.5) is 0 Å². The van der Waals surface area contributed by atoms with E-state index in [-0.39, 0.29) is 0 Å². The summed E-state index contributed by atoms with van der Waals surface area (Å²) in [6.07, 6.45) is 5.92. The number of aromatic nitrogens is 1. The van der Waals surface area contributed by atoms with E-state index in [0.29, 0.717) is 0 Å². The van der Waals surface area contributed by atoms with E-state index in [2.05, 4.69) is 66.0 Å². The van der Waals surface area contributed by atoms with Crippen molar-refractivity contribution in [1.82, 2.24) is 19.7 Å². The van der Waals surface area contributed by atoms with Crippen LogP contribution >= 0.6 is 0 Å². The van der Waals surface area contributed by atoms with Gasteiger partial charge in [-0.15, -0.1) is 0 Å². The molecule has 2 heterocycles. The molecular weight excluding hydrogens is 298 g/mol. The third-order valence-corrected chi connectivity index (χ3v) is 4.89.